The molecule has 0 aliphatic rings. The number of aromatic nitrogens is 2. The first-order valence-electron chi connectivity index (χ1n) is 7.15. The van der Waals surface area contributed by atoms with Crippen molar-refractivity contribution in [2.24, 2.45) is 0 Å². The van der Waals surface area contributed by atoms with Crippen LogP contribution in [0.1, 0.15) is 37.9 Å². The number of benzene rings is 1. The number of nitrogens with one attached hydrogen (secondary N) is 1. The predicted octanol–water partition coefficient (Wildman–Crippen LogP) is 3.86. The van der Waals surface area contributed by atoms with E-state index in [1.54, 1.807) is 0 Å². The van der Waals surface area contributed by atoms with Gasteiger partial charge in [0.1, 0.15) is 0 Å². The van der Waals surface area contributed by atoms with Gasteiger partial charge in [0.15, 0.2) is 0 Å². The lowest BCUT2D eigenvalue weighted by Crippen LogP contribution is -2.05. The zero-order valence-electron chi connectivity index (χ0n) is 11.9. The maximum Gasteiger partial charge on any atom is 0.0948 e. The minimum atomic E-state index is 0.822. The molecule has 0 radical (unpaired) electrons. The first-order chi connectivity index (χ1) is 9.33. The molecule has 102 valence electrons. The number of hydrogen-bond donors (Lipinski definition) is 1. The van der Waals surface area contributed by atoms with E-state index in [1.807, 2.05) is 12.5 Å². The molecule has 1 aromatic carbocycles. The van der Waals surface area contributed by atoms with Gasteiger partial charge in [0, 0.05) is 18.4 Å². The van der Waals surface area contributed by atoms with Gasteiger partial charge in [0.25, 0.3) is 0 Å². The van der Waals surface area contributed by atoms with Gasteiger partial charge < -0.3 is 9.88 Å². The summed E-state index contributed by atoms with van der Waals surface area (Å²) < 4.78 is 2.16. The molecule has 0 bridgehead atoms. The van der Waals surface area contributed by atoms with E-state index in [4.69, 9.17) is 0 Å². The highest BCUT2D eigenvalue weighted by molar-refractivity contribution is 5.44. The summed E-state index contributed by atoms with van der Waals surface area (Å²) in [5.74, 6) is 0. The van der Waals surface area contributed by atoms with Crippen LogP contribution < -0.4 is 5.32 Å². The van der Waals surface area contributed by atoms with E-state index >= 15 is 0 Å². The maximum atomic E-state index is 4.18. The van der Waals surface area contributed by atoms with Crippen LogP contribution in [0, 0.1) is 0 Å². The summed E-state index contributed by atoms with van der Waals surface area (Å²) in [4.78, 5) is 4.18. The Labute approximate surface area is 115 Å². The molecule has 0 unspecified atom stereocenters. The zero-order valence-corrected chi connectivity index (χ0v) is 11.9. The van der Waals surface area contributed by atoms with Crippen LogP contribution in [0.2, 0.25) is 0 Å². The molecule has 0 saturated heterocycles. The summed E-state index contributed by atoms with van der Waals surface area (Å²) in [6, 6.07) is 8.76. The summed E-state index contributed by atoms with van der Waals surface area (Å²) in [5, 5.41) is 3.44. The Balaban J connectivity index is 1.89. The zero-order chi connectivity index (χ0) is 13.5. The second-order valence-corrected chi connectivity index (χ2v) is 4.83. The molecule has 2 aromatic rings. The molecule has 19 heavy (non-hydrogen) atoms. The van der Waals surface area contributed by atoms with Gasteiger partial charge in [-0.15, -0.1) is 0 Å². The van der Waals surface area contributed by atoms with E-state index in [0.717, 1.165) is 13.1 Å². The third kappa shape index (κ3) is 3.85. The number of rotatable bonds is 7. The molecule has 1 heterocycles. The van der Waals surface area contributed by atoms with Crippen LogP contribution in [0.15, 0.2) is 36.8 Å². The molecule has 0 aliphatic carbocycles. The fourth-order valence-corrected chi connectivity index (χ4v) is 2.14. The van der Waals surface area contributed by atoms with Crippen molar-refractivity contribution in [1.29, 1.82) is 0 Å². The number of anilines is 1. The van der Waals surface area contributed by atoms with Gasteiger partial charge in [-0.2, -0.15) is 0 Å². The normalized spacial score (nSPS) is 10.6. The van der Waals surface area contributed by atoms with Crippen LogP contribution in [-0.4, -0.2) is 9.55 Å². The van der Waals surface area contributed by atoms with Crippen molar-refractivity contribution in [3.63, 3.8) is 0 Å². The molecule has 0 aliphatic heterocycles. The molecule has 1 aromatic heterocycles. The Kier molecular flexibility index (Phi) is 5.01. The summed E-state index contributed by atoms with van der Waals surface area (Å²) in [5.41, 5.74) is 3.81. The molecule has 0 fully saturated rings. The highest BCUT2D eigenvalue weighted by Crippen LogP contribution is 2.13. The van der Waals surface area contributed by atoms with Gasteiger partial charge in [-0.25, -0.2) is 4.98 Å². The minimum Gasteiger partial charge on any atom is -0.379 e. The van der Waals surface area contributed by atoms with Gasteiger partial charge in [0.2, 0.25) is 0 Å². The molecule has 3 nitrogen and oxygen atoms in total. The highest BCUT2D eigenvalue weighted by atomic mass is 15.1. The van der Waals surface area contributed by atoms with Gasteiger partial charge in [-0.3, -0.25) is 0 Å². The number of nitrogens with zero attached hydrogens (tertiary/aromatic N) is 2. The van der Waals surface area contributed by atoms with E-state index in [-0.39, 0.29) is 0 Å². The topological polar surface area (TPSA) is 29.9 Å². The lowest BCUT2D eigenvalue weighted by atomic mass is 10.1. The van der Waals surface area contributed by atoms with Crippen molar-refractivity contribution in [2.45, 2.75) is 46.2 Å². The molecule has 0 atom stereocenters. The van der Waals surface area contributed by atoms with Crippen molar-refractivity contribution in [3.8, 4) is 0 Å². The highest BCUT2D eigenvalue weighted by Gasteiger charge is 2.00. The Morgan fingerprint density at radius 1 is 1.16 bits per heavy atom. The predicted molar refractivity (Wildman–Crippen MR) is 80.3 cm³/mol. The van der Waals surface area contributed by atoms with E-state index in [0.29, 0.717) is 0 Å². The molecular formula is C16H23N3. The van der Waals surface area contributed by atoms with Crippen LogP contribution in [0.4, 0.5) is 5.69 Å². The Morgan fingerprint density at radius 3 is 2.63 bits per heavy atom. The van der Waals surface area contributed by atoms with Gasteiger partial charge >= 0.3 is 0 Å². The van der Waals surface area contributed by atoms with Crippen LogP contribution in [0.25, 0.3) is 0 Å². The van der Waals surface area contributed by atoms with E-state index in [1.165, 1.54) is 36.2 Å². The van der Waals surface area contributed by atoms with Crippen LogP contribution in [0.5, 0.6) is 0 Å². The van der Waals surface area contributed by atoms with Crippen molar-refractivity contribution in [2.75, 3.05) is 5.32 Å². The second kappa shape index (κ2) is 6.98. The lowest BCUT2D eigenvalue weighted by molar-refractivity contribution is 0.719. The van der Waals surface area contributed by atoms with Crippen molar-refractivity contribution < 1.29 is 0 Å². The number of hydrogen-bond acceptors (Lipinski definition) is 2. The number of imidazole rings is 1. The average Bonchev–Trinajstić information content (AvgIpc) is 2.91. The van der Waals surface area contributed by atoms with Crippen LogP contribution >= 0.6 is 0 Å². The Hall–Kier alpha value is -1.77. The third-order valence-corrected chi connectivity index (χ3v) is 3.39. The summed E-state index contributed by atoms with van der Waals surface area (Å²) in [6.45, 7) is 6.15. The smallest absolute Gasteiger partial charge is 0.0948 e. The lowest BCUT2D eigenvalue weighted by Gasteiger charge is -2.09. The number of aryl methyl sites for hydroxylation is 2. The van der Waals surface area contributed by atoms with Gasteiger partial charge in [-0.1, -0.05) is 25.5 Å². The van der Waals surface area contributed by atoms with E-state index in [9.17, 15) is 0 Å². The third-order valence-electron chi connectivity index (χ3n) is 3.39. The maximum absolute atomic E-state index is 4.18. The molecule has 0 spiro atoms. The van der Waals surface area contributed by atoms with Crippen molar-refractivity contribution in [3.05, 3.63) is 48.0 Å². The van der Waals surface area contributed by atoms with Crippen molar-refractivity contribution in [1.82, 2.24) is 9.55 Å². The van der Waals surface area contributed by atoms with Gasteiger partial charge in [0.05, 0.1) is 18.6 Å². The quantitative estimate of drug-likeness (QED) is 0.816. The van der Waals surface area contributed by atoms with Crippen molar-refractivity contribution >= 4 is 5.69 Å². The van der Waals surface area contributed by atoms with E-state index < -0.39 is 0 Å². The first kappa shape index (κ1) is 13.7. The summed E-state index contributed by atoms with van der Waals surface area (Å²) in [6.07, 6.45) is 7.50. The average molecular weight is 257 g/mol. The molecule has 2 rings (SSSR count). The standard InChI is InChI=1S/C16H23N3/c1-3-5-6-14-7-9-15(10-8-14)18-12-16-11-17-13-19(16)4-2/h7-11,13,18H,3-6,12H2,1-2H3. The Morgan fingerprint density at radius 2 is 1.95 bits per heavy atom. The number of unbranched alkanes of at least 4 members (excludes halogenated alkanes) is 1. The molecule has 0 amide bonds. The van der Waals surface area contributed by atoms with Crippen LogP contribution in [0.3, 0.4) is 0 Å². The second-order valence-electron chi connectivity index (χ2n) is 4.83. The fourth-order valence-electron chi connectivity index (χ4n) is 2.14. The first-order valence-corrected chi connectivity index (χ1v) is 7.15. The van der Waals surface area contributed by atoms with Crippen LogP contribution in [-0.2, 0) is 19.5 Å². The molecule has 0 saturated carbocycles. The Bertz CT molecular complexity index is 485. The largest absolute Gasteiger partial charge is 0.379 e. The van der Waals surface area contributed by atoms with E-state index in [2.05, 4.69) is 53.0 Å². The SMILES string of the molecule is CCCCc1ccc(NCc2cncn2CC)cc1. The van der Waals surface area contributed by atoms with Gasteiger partial charge in [-0.05, 0) is 37.5 Å². The molecule has 1 N–H and O–H groups in total. The fraction of sp³-hybridized carbons (Fsp3) is 0.438. The minimum absolute atomic E-state index is 0.822. The summed E-state index contributed by atoms with van der Waals surface area (Å²) in [7, 11) is 0. The molecule has 3 heteroatoms. The summed E-state index contributed by atoms with van der Waals surface area (Å²) >= 11 is 0. The monoisotopic (exact) mass is 257 g/mol. The molecular weight excluding hydrogens is 234 g/mol.